The first kappa shape index (κ1) is 72.2. The molecule has 0 radical (unpaired) electrons. The van der Waals surface area contributed by atoms with Gasteiger partial charge >= 0.3 is 18.0 Å². The van der Waals surface area contributed by atoms with Crippen LogP contribution in [0.2, 0.25) is 0 Å². The number of aryl methyl sites for hydroxylation is 2. The Balaban J connectivity index is 0.722. The summed E-state index contributed by atoms with van der Waals surface area (Å²) in [7, 11) is 3.25. The van der Waals surface area contributed by atoms with Crippen molar-refractivity contribution in [2.75, 3.05) is 44.9 Å². The summed E-state index contributed by atoms with van der Waals surface area (Å²) in [5, 5.41) is 76.0. The number of halogens is 1. The van der Waals surface area contributed by atoms with Crippen molar-refractivity contribution < 1.29 is 96.7 Å². The van der Waals surface area contributed by atoms with Gasteiger partial charge in [-0.25, -0.2) is 28.4 Å². The first-order valence-electron chi connectivity index (χ1n) is 33.5. The minimum absolute atomic E-state index is 0.0261. The van der Waals surface area contributed by atoms with Crippen LogP contribution in [0.25, 0.3) is 44.8 Å². The third kappa shape index (κ3) is 14.6. The summed E-state index contributed by atoms with van der Waals surface area (Å²) < 4.78 is 51.5. The van der Waals surface area contributed by atoms with Crippen LogP contribution in [-0.2, 0) is 109 Å². The molecule has 0 saturated carbocycles. The summed E-state index contributed by atoms with van der Waals surface area (Å²) in [5.74, 6) is -6.34. The average Bonchev–Trinajstić information content (AvgIpc) is 1.62. The highest BCUT2D eigenvalue weighted by molar-refractivity contribution is 6.02. The second kappa shape index (κ2) is 30.5. The number of fused-ring (bicyclic) bond motifs is 10. The zero-order valence-electron chi connectivity index (χ0n) is 56.5. The quantitative estimate of drug-likeness (QED) is 0.0290. The van der Waals surface area contributed by atoms with Crippen LogP contribution < -0.4 is 41.8 Å². The molecule has 0 bridgehead atoms. The molecule has 5 aliphatic rings. The maximum Gasteiger partial charge on any atom is 0.407 e. The maximum atomic E-state index is 15.7. The third-order valence-electron chi connectivity index (χ3n) is 19.2. The smallest absolute Gasteiger partial charge is 0.407 e. The van der Waals surface area contributed by atoms with E-state index in [1.807, 2.05) is 36.4 Å². The zero-order chi connectivity index (χ0) is 73.1. The fraction of sp³-hybridized carbons (Fsp3) is 0.408. The number of aromatic nitrogens is 5. The summed E-state index contributed by atoms with van der Waals surface area (Å²) in [6, 6.07) is 19.6. The normalized spacial score (nSPS) is 20.0. The molecule has 542 valence electrons. The molecule has 4 aromatic carbocycles. The van der Waals surface area contributed by atoms with Gasteiger partial charge in [0.05, 0.1) is 72.8 Å². The fourth-order valence-electron chi connectivity index (χ4n) is 13.6. The molecule has 103 heavy (non-hydrogen) atoms. The van der Waals surface area contributed by atoms with Crippen LogP contribution in [0.5, 0.6) is 5.75 Å². The highest BCUT2D eigenvalue weighted by Gasteiger charge is 2.49. The van der Waals surface area contributed by atoms with Crippen molar-refractivity contribution in [1.29, 1.82) is 0 Å². The molecule has 31 nitrogen and oxygen atoms in total. The molecular formula is C71H76FN11O20. The molecule has 32 heteroatoms. The second-order valence-electron chi connectivity index (χ2n) is 25.6. The van der Waals surface area contributed by atoms with Crippen LogP contribution in [0, 0.1) is 12.7 Å². The molecule has 4 aliphatic heterocycles. The number of aliphatic hydroxyl groups is 4. The number of esters is 1. The van der Waals surface area contributed by atoms with Gasteiger partial charge in [0.1, 0.15) is 54.8 Å². The average molecular weight is 1420 g/mol. The highest BCUT2D eigenvalue weighted by atomic mass is 19.1. The molecule has 7 heterocycles. The summed E-state index contributed by atoms with van der Waals surface area (Å²) in [6.07, 6.45) is -11.6. The number of aliphatic carboxylic acids is 1. The van der Waals surface area contributed by atoms with E-state index in [-0.39, 0.29) is 124 Å². The Hall–Kier alpha value is -10.6. The van der Waals surface area contributed by atoms with Crippen LogP contribution in [0.15, 0.2) is 83.7 Å². The Morgan fingerprint density at radius 1 is 0.825 bits per heavy atom. The molecule has 10 N–H and O–H groups in total. The van der Waals surface area contributed by atoms with Crippen LogP contribution in [0.3, 0.4) is 0 Å². The SMILES string of the molecule is CCC1(O)C(=O)OCc2c1cc1n(c2=O)Cc2c-1nc1cc(F)c(C)c3c1c2C(NC(=O)OCc1ccc(OC2OC(C(=O)O)C(O)C(O)C2O)c(CNC(=O)CCNC(=O)C(CNC(=O)CCOCCOC)NC(=O)CCC(=O)N2Cc4ccccc4-c4nnn(C)c4-c4ccccc42)c1)CC3. The van der Waals surface area contributed by atoms with Crippen LogP contribution in [0.4, 0.5) is 14.9 Å². The zero-order valence-corrected chi connectivity index (χ0v) is 56.5. The van der Waals surface area contributed by atoms with Crippen molar-refractivity contribution in [3.8, 4) is 39.7 Å². The van der Waals surface area contributed by atoms with Gasteiger partial charge in [0.25, 0.3) is 5.56 Å². The molecule has 3 aromatic heterocycles. The molecule has 12 rings (SSSR count). The number of hydrogen-bond donors (Lipinski definition) is 10. The van der Waals surface area contributed by atoms with Crippen molar-refractivity contribution in [2.24, 2.45) is 7.05 Å². The summed E-state index contributed by atoms with van der Waals surface area (Å²) in [5.41, 5.74) is 5.02. The molecule has 8 unspecified atom stereocenters. The first-order valence-corrected chi connectivity index (χ1v) is 33.5. The predicted molar refractivity (Wildman–Crippen MR) is 359 cm³/mol. The monoisotopic (exact) mass is 1420 g/mol. The summed E-state index contributed by atoms with van der Waals surface area (Å²) >= 11 is 0. The molecule has 6 amide bonds. The van der Waals surface area contributed by atoms with Crippen LogP contribution in [-0.4, -0.2) is 174 Å². The topological polar surface area (TPSA) is 422 Å². The maximum absolute atomic E-state index is 15.7. The van der Waals surface area contributed by atoms with E-state index in [2.05, 4.69) is 36.9 Å². The molecule has 1 fully saturated rings. The lowest BCUT2D eigenvalue weighted by Gasteiger charge is -2.38. The number of alkyl carbamates (subject to hydrolysis) is 1. The Morgan fingerprint density at radius 3 is 2.37 bits per heavy atom. The summed E-state index contributed by atoms with van der Waals surface area (Å²) in [6.45, 7) is 1.97. The molecule has 8 atom stereocenters. The van der Waals surface area contributed by atoms with E-state index in [0.29, 0.717) is 68.9 Å². The van der Waals surface area contributed by atoms with Crippen LogP contribution in [0.1, 0.15) is 102 Å². The van der Waals surface area contributed by atoms with E-state index in [1.165, 1.54) is 42.0 Å². The number of hydrogen-bond acceptors (Lipinski definition) is 22. The number of methoxy groups -OCH3 is 1. The Bertz CT molecular complexity index is 4600. The van der Waals surface area contributed by atoms with E-state index >= 15 is 4.39 Å². The number of carboxylic acids is 1. The van der Waals surface area contributed by atoms with Gasteiger partial charge in [-0.05, 0) is 78.3 Å². The van der Waals surface area contributed by atoms with Crippen molar-refractivity contribution in [2.45, 2.75) is 140 Å². The molecule has 0 spiro atoms. The number of carbonyl (C=O) groups is 8. The van der Waals surface area contributed by atoms with Gasteiger partial charge < -0.3 is 90.0 Å². The lowest BCUT2D eigenvalue weighted by molar-refractivity contribution is -0.271. The van der Waals surface area contributed by atoms with Gasteiger partial charge in [0, 0.05) is 98.7 Å². The number of benzene rings is 4. The Morgan fingerprint density at radius 2 is 1.59 bits per heavy atom. The number of nitrogens with one attached hydrogen (secondary N) is 5. The number of carbonyl (C=O) groups excluding carboxylic acids is 7. The largest absolute Gasteiger partial charge is 0.479 e. The fourth-order valence-corrected chi connectivity index (χ4v) is 13.6. The lowest BCUT2D eigenvalue weighted by Crippen LogP contribution is -2.61. The number of anilines is 1. The molecule has 1 aliphatic carbocycles. The van der Waals surface area contributed by atoms with Gasteiger partial charge in [0.15, 0.2) is 11.7 Å². The number of pyridine rings is 2. The number of amides is 6. The van der Waals surface area contributed by atoms with Gasteiger partial charge in [-0.15, -0.1) is 5.10 Å². The predicted octanol–water partition coefficient (Wildman–Crippen LogP) is 2.28. The van der Waals surface area contributed by atoms with E-state index < -0.39 is 120 Å². The standard InChI is InChI=1S/C71H76FN11O20/c1-5-71(97)44-27-50-58-42(32-83(50)66(92)43(44)34-100-69(71)95)57-46(16-15-39-35(2)45(72)28-47(77-58)56(39)57)78-70(96)101-33-36-14-17-51(102-68-63(90)61(88)62(89)64(103-68)67(93)94)38(26-36)29-74-52(84)20-22-73-65(91)48(30-75-53(85)21-23-99-25-24-98-4)76-54(86)18-19-55(87)82-31-37-10-6-7-11-40(37)59-60(81(3)80-79-59)41-12-8-9-13-49(41)82/h6-14,17,26-28,46,48,61-64,68,88-90,97H,5,15-16,18-25,29-34H2,1-4H3,(H,73,91)(H,74,84)(H,75,85)(H,76,86)(H,78,96)(H,93,94). The highest BCUT2D eigenvalue weighted by Crippen LogP contribution is 2.47. The van der Waals surface area contributed by atoms with Crippen LogP contribution >= 0.6 is 0 Å². The second-order valence-corrected chi connectivity index (χ2v) is 25.6. The minimum atomic E-state index is -2.12. The first-order chi connectivity index (χ1) is 49.5. The number of carboxylic acid groups (broad SMARTS) is 1. The number of rotatable bonds is 25. The number of aliphatic hydroxyl groups excluding tert-OH is 3. The third-order valence-corrected chi connectivity index (χ3v) is 19.2. The Kier molecular flexibility index (Phi) is 21.4. The van der Waals surface area contributed by atoms with E-state index in [4.69, 9.17) is 33.4 Å². The van der Waals surface area contributed by atoms with E-state index in [0.717, 1.165) is 11.1 Å². The minimum Gasteiger partial charge on any atom is -0.479 e. The van der Waals surface area contributed by atoms with Gasteiger partial charge in [0.2, 0.25) is 35.8 Å². The van der Waals surface area contributed by atoms with E-state index in [9.17, 15) is 68.7 Å². The van der Waals surface area contributed by atoms with Crippen molar-refractivity contribution in [1.82, 2.24) is 51.1 Å². The number of para-hydroxylation sites is 1. The van der Waals surface area contributed by atoms with Gasteiger partial charge in [-0.2, -0.15) is 0 Å². The van der Waals surface area contributed by atoms with E-state index in [1.54, 1.807) is 42.6 Å². The number of ether oxygens (including phenoxy) is 6. The Labute approximate surface area is 586 Å². The van der Waals surface area contributed by atoms with Crippen molar-refractivity contribution in [3.63, 3.8) is 0 Å². The summed E-state index contributed by atoms with van der Waals surface area (Å²) in [4.78, 5) is 128. The molecule has 1 saturated heterocycles. The van der Waals surface area contributed by atoms with Crippen molar-refractivity contribution in [3.05, 3.63) is 145 Å². The molecular weight excluding hydrogens is 1350 g/mol. The molecule has 7 aromatic rings. The number of nitrogens with zero attached hydrogens (tertiary/aromatic N) is 6. The lowest BCUT2D eigenvalue weighted by atomic mass is 9.81. The van der Waals surface area contributed by atoms with Gasteiger partial charge in [-0.3, -0.25) is 28.8 Å². The number of cyclic esters (lactones) is 1. The van der Waals surface area contributed by atoms with Gasteiger partial charge in [-0.1, -0.05) is 60.7 Å². The van der Waals surface area contributed by atoms with Crippen molar-refractivity contribution >= 4 is 64.2 Å².